The number of aromatic amines is 1. The molecule has 4 aromatic rings. The van der Waals surface area contributed by atoms with E-state index in [1.807, 2.05) is 42.0 Å². The van der Waals surface area contributed by atoms with E-state index in [2.05, 4.69) is 4.98 Å². The summed E-state index contributed by atoms with van der Waals surface area (Å²) < 4.78 is 15.1. The van der Waals surface area contributed by atoms with Gasteiger partial charge in [-0.05, 0) is 54.4 Å². The summed E-state index contributed by atoms with van der Waals surface area (Å²) in [5, 5.41) is 11.1. The van der Waals surface area contributed by atoms with Gasteiger partial charge < -0.3 is 14.7 Å². The van der Waals surface area contributed by atoms with Crippen molar-refractivity contribution in [2.45, 2.75) is 13.3 Å². The Morgan fingerprint density at radius 1 is 1.08 bits per heavy atom. The molecular weight excluding hydrogens is 331 g/mol. The lowest BCUT2D eigenvalue weighted by molar-refractivity contribution is 0.467. The number of aromatic nitrogens is 2. The lowest BCUT2D eigenvalue weighted by atomic mass is 10.0. The average Bonchev–Trinajstić information content (AvgIpc) is 3.05. The van der Waals surface area contributed by atoms with Gasteiger partial charge in [0.15, 0.2) is 0 Å². The van der Waals surface area contributed by atoms with Gasteiger partial charge in [-0.3, -0.25) is 4.79 Å². The number of rotatable bonds is 3. The number of nitrogens with zero attached hydrogens (tertiary/aromatic N) is 1. The number of H-pyrrole nitrogens is 1. The highest BCUT2D eigenvalue weighted by atomic mass is 19.1. The molecule has 0 aliphatic rings. The number of benzene rings is 2. The van der Waals surface area contributed by atoms with Crippen LogP contribution < -0.4 is 5.56 Å². The van der Waals surface area contributed by atoms with Gasteiger partial charge in [0.2, 0.25) is 0 Å². The summed E-state index contributed by atoms with van der Waals surface area (Å²) in [5.41, 5.74) is 3.68. The third-order valence-electron chi connectivity index (χ3n) is 4.56. The first-order valence-corrected chi connectivity index (χ1v) is 8.39. The molecule has 5 heteroatoms. The molecule has 0 unspecified atom stereocenters. The number of hydrogen-bond acceptors (Lipinski definition) is 2. The molecule has 0 saturated heterocycles. The van der Waals surface area contributed by atoms with Crippen LogP contribution in [0.15, 0.2) is 65.6 Å². The van der Waals surface area contributed by atoms with Gasteiger partial charge in [0.1, 0.15) is 11.6 Å². The smallest absolute Gasteiger partial charge is 0.252 e. The maximum atomic E-state index is 13.2. The van der Waals surface area contributed by atoms with E-state index in [1.54, 1.807) is 12.1 Å². The molecule has 4 rings (SSSR count). The summed E-state index contributed by atoms with van der Waals surface area (Å²) in [4.78, 5) is 14.6. The van der Waals surface area contributed by atoms with Crippen LogP contribution in [0.4, 0.5) is 4.39 Å². The van der Waals surface area contributed by atoms with Gasteiger partial charge in [0, 0.05) is 28.9 Å². The highest BCUT2D eigenvalue weighted by Crippen LogP contribution is 2.30. The van der Waals surface area contributed by atoms with E-state index in [-0.39, 0.29) is 17.1 Å². The van der Waals surface area contributed by atoms with Crippen LogP contribution >= 0.6 is 0 Å². The Kier molecular flexibility index (Phi) is 3.84. The van der Waals surface area contributed by atoms with Crippen molar-refractivity contribution < 1.29 is 9.50 Å². The molecule has 2 aromatic heterocycles. The summed E-state index contributed by atoms with van der Waals surface area (Å²) in [6.07, 6.45) is 2.53. The largest absolute Gasteiger partial charge is 0.507 e. The van der Waals surface area contributed by atoms with Gasteiger partial charge >= 0.3 is 0 Å². The fourth-order valence-corrected chi connectivity index (χ4v) is 3.30. The van der Waals surface area contributed by atoms with Crippen molar-refractivity contribution in [1.82, 2.24) is 9.55 Å². The maximum Gasteiger partial charge on any atom is 0.252 e. The lowest BCUT2D eigenvalue weighted by Gasteiger charge is -2.11. The molecule has 0 bridgehead atoms. The Hall–Kier alpha value is -3.34. The van der Waals surface area contributed by atoms with Gasteiger partial charge in [0.05, 0.1) is 11.2 Å². The van der Waals surface area contributed by atoms with Crippen LogP contribution in [0.1, 0.15) is 12.5 Å². The summed E-state index contributed by atoms with van der Waals surface area (Å²) in [7, 11) is 0. The van der Waals surface area contributed by atoms with Crippen LogP contribution in [-0.4, -0.2) is 14.7 Å². The summed E-state index contributed by atoms with van der Waals surface area (Å²) in [6, 6.07) is 15.3. The number of nitrogens with one attached hydrogen (secondary N) is 1. The number of halogens is 1. The van der Waals surface area contributed by atoms with E-state index in [1.165, 1.54) is 18.2 Å². The standard InChI is InChI=1S/C21H17FN2O2/c1-2-17-19(25)12-20(26)23-21(17)14-3-8-18-13(11-14)9-10-24(18)16-6-4-15(22)5-7-16/h3-12H,2H2,1H3,(H2,23,25,26). The van der Waals surface area contributed by atoms with Crippen LogP contribution in [0.2, 0.25) is 0 Å². The fourth-order valence-electron chi connectivity index (χ4n) is 3.30. The Labute approximate surface area is 149 Å². The predicted molar refractivity (Wildman–Crippen MR) is 100 cm³/mol. The second-order valence-corrected chi connectivity index (χ2v) is 6.16. The highest BCUT2D eigenvalue weighted by molar-refractivity contribution is 5.87. The average molecular weight is 348 g/mol. The third kappa shape index (κ3) is 2.67. The number of fused-ring (bicyclic) bond motifs is 1. The zero-order valence-corrected chi connectivity index (χ0v) is 14.2. The van der Waals surface area contributed by atoms with E-state index in [4.69, 9.17) is 0 Å². The van der Waals surface area contributed by atoms with Crippen LogP contribution in [0.25, 0.3) is 27.8 Å². The van der Waals surface area contributed by atoms with Crippen molar-refractivity contribution >= 4 is 10.9 Å². The minimum absolute atomic E-state index is 0.00947. The molecular formula is C21H17FN2O2. The van der Waals surface area contributed by atoms with Gasteiger partial charge in [-0.1, -0.05) is 13.0 Å². The molecule has 0 radical (unpaired) electrons. The molecule has 0 saturated carbocycles. The number of aromatic hydroxyl groups is 1. The zero-order chi connectivity index (χ0) is 18.3. The molecule has 0 fully saturated rings. The molecule has 0 spiro atoms. The highest BCUT2D eigenvalue weighted by Gasteiger charge is 2.12. The van der Waals surface area contributed by atoms with Crippen molar-refractivity contribution in [3.05, 3.63) is 82.5 Å². The fraction of sp³-hybridized carbons (Fsp3) is 0.0952. The first kappa shape index (κ1) is 16.1. The topological polar surface area (TPSA) is 58.0 Å². The molecule has 2 aromatic carbocycles. The van der Waals surface area contributed by atoms with Crippen LogP contribution in [0.5, 0.6) is 5.75 Å². The van der Waals surface area contributed by atoms with Crippen molar-refractivity contribution in [2.75, 3.05) is 0 Å². The van der Waals surface area contributed by atoms with Crippen molar-refractivity contribution in [2.24, 2.45) is 0 Å². The minimum Gasteiger partial charge on any atom is -0.507 e. The molecule has 0 amide bonds. The van der Waals surface area contributed by atoms with E-state index in [0.29, 0.717) is 17.7 Å². The normalized spacial score (nSPS) is 11.2. The predicted octanol–water partition coefficient (Wildman–Crippen LogP) is 4.39. The van der Waals surface area contributed by atoms with Crippen molar-refractivity contribution in [3.8, 4) is 22.7 Å². The number of hydrogen-bond donors (Lipinski definition) is 2. The Morgan fingerprint density at radius 2 is 1.85 bits per heavy atom. The molecule has 0 aliphatic heterocycles. The van der Waals surface area contributed by atoms with E-state index in [0.717, 1.165) is 22.2 Å². The molecule has 4 nitrogen and oxygen atoms in total. The van der Waals surface area contributed by atoms with Crippen LogP contribution in [-0.2, 0) is 6.42 Å². The zero-order valence-electron chi connectivity index (χ0n) is 14.2. The lowest BCUT2D eigenvalue weighted by Crippen LogP contribution is -2.07. The summed E-state index contributed by atoms with van der Waals surface area (Å²) in [6.45, 7) is 1.93. The Bertz CT molecular complexity index is 1160. The molecule has 26 heavy (non-hydrogen) atoms. The first-order chi connectivity index (χ1) is 12.6. The SMILES string of the molecule is CCc1c(O)cc(=O)[nH]c1-c1ccc2c(ccn2-c2ccc(F)cc2)c1. The van der Waals surface area contributed by atoms with Gasteiger partial charge in [-0.2, -0.15) is 0 Å². The maximum absolute atomic E-state index is 13.2. The first-order valence-electron chi connectivity index (χ1n) is 8.39. The van der Waals surface area contributed by atoms with Gasteiger partial charge in [-0.25, -0.2) is 4.39 Å². The molecule has 2 N–H and O–H groups in total. The van der Waals surface area contributed by atoms with Gasteiger partial charge in [-0.15, -0.1) is 0 Å². The summed E-state index contributed by atoms with van der Waals surface area (Å²) in [5.74, 6) is -0.261. The van der Waals surface area contributed by atoms with E-state index < -0.39 is 0 Å². The Morgan fingerprint density at radius 3 is 2.58 bits per heavy atom. The van der Waals surface area contributed by atoms with Crippen LogP contribution in [0.3, 0.4) is 0 Å². The second kappa shape index (κ2) is 6.19. The number of pyridine rings is 1. The van der Waals surface area contributed by atoms with Crippen molar-refractivity contribution in [3.63, 3.8) is 0 Å². The van der Waals surface area contributed by atoms with Crippen molar-refractivity contribution in [1.29, 1.82) is 0 Å². The summed E-state index contributed by atoms with van der Waals surface area (Å²) >= 11 is 0. The monoisotopic (exact) mass is 348 g/mol. The van der Waals surface area contributed by atoms with E-state index >= 15 is 0 Å². The molecule has 0 atom stereocenters. The quantitative estimate of drug-likeness (QED) is 0.577. The molecule has 0 aliphatic carbocycles. The second-order valence-electron chi connectivity index (χ2n) is 6.16. The Balaban J connectivity index is 1.86. The molecule has 2 heterocycles. The van der Waals surface area contributed by atoms with Crippen LogP contribution in [0, 0.1) is 5.82 Å². The minimum atomic E-state index is -0.335. The molecule has 130 valence electrons. The third-order valence-corrected chi connectivity index (χ3v) is 4.56. The van der Waals surface area contributed by atoms with E-state index in [9.17, 15) is 14.3 Å². The van der Waals surface area contributed by atoms with Gasteiger partial charge in [0.25, 0.3) is 5.56 Å².